The summed E-state index contributed by atoms with van der Waals surface area (Å²) in [7, 11) is 0. The van der Waals surface area contributed by atoms with E-state index in [4.69, 9.17) is 0 Å². The molecule has 0 aromatic heterocycles. The van der Waals surface area contributed by atoms with E-state index < -0.39 is 0 Å². The van der Waals surface area contributed by atoms with Gasteiger partial charge < -0.3 is 0 Å². The molecule has 0 spiro atoms. The van der Waals surface area contributed by atoms with Crippen LogP contribution in [0.15, 0.2) is 0 Å². The fourth-order valence-corrected chi connectivity index (χ4v) is 2.89. The Bertz CT molecular complexity index is 160. The Morgan fingerprint density at radius 3 is 1.83 bits per heavy atom. The van der Waals surface area contributed by atoms with E-state index in [9.17, 15) is 0 Å². The van der Waals surface area contributed by atoms with E-state index in [0.29, 0.717) is 5.54 Å². The van der Waals surface area contributed by atoms with Gasteiger partial charge in [0.15, 0.2) is 0 Å². The van der Waals surface area contributed by atoms with Crippen LogP contribution in [0.4, 0.5) is 0 Å². The third-order valence-corrected chi connectivity index (χ3v) is 3.57. The predicted molar refractivity (Wildman–Crippen MR) is 52.2 cm³/mol. The molecule has 1 nitrogen and oxygen atoms in total. The van der Waals surface area contributed by atoms with Crippen molar-refractivity contribution in [2.75, 3.05) is 6.54 Å². The summed E-state index contributed by atoms with van der Waals surface area (Å²) in [6, 6.07) is 0.912. The molecule has 3 aliphatic rings. The van der Waals surface area contributed by atoms with Gasteiger partial charge in [-0.25, -0.2) is 0 Å². The minimum absolute atomic E-state index is 0.407. The van der Waals surface area contributed by atoms with Gasteiger partial charge in [0, 0.05) is 18.1 Å². The zero-order valence-electron chi connectivity index (χ0n) is 8.64. The first-order valence-corrected chi connectivity index (χ1v) is 5.34. The molecule has 2 saturated heterocycles. The van der Waals surface area contributed by atoms with E-state index in [2.05, 4.69) is 25.7 Å². The van der Waals surface area contributed by atoms with Crippen LogP contribution in [-0.4, -0.2) is 23.0 Å². The topological polar surface area (TPSA) is 3.24 Å². The molecule has 2 bridgehead atoms. The Labute approximate surface area is 76.1 Å². The van der Waals surface area contributed by atoms with Crippen molar-refractivity contribution < 1.29 is 0 Å². The number of nitrogens with zero attached hydrogens (tertiary/aromatic N) is 1. The fraction of sp³-hybridized carbons (Fsp3) is 1.00. The molecule has 0 atom stereocenters. The fourth-order valence-electron chi connectivity index (χ4n) is 2.89. The summed E-state index contributed by atoms with van der Waals surface area (Å²) in [6.07, 6.45) is 5.92. The molecule has 3 fully saturated rings. The van der Waals surface area contributed by atoms with Crippen molar-refractivity contribution in [3.05, 3.63) is 0 Å². The molecule has 3 rings (SSSR count). The third-order valence-electron chi connectivity index (χ3n) is 3.57. The summed E-state index contributed by atoms with van der Waals surface area (Å²) in [5.74, 6) is 1.02. The molecule has 0 radical (unpaired) electrons. The Balaban J connectivity index is 2.09. The molecule has 0 N–H and O–H groups in total. The smallest absolute Gasteiger partial charge is 0.0128 e. The number of hydrogen-bond donors (Lipinski definition) is 0. The van der Waals surface area contributed by atoms with E-state index >= 15 is 0 Å². The lowest BCUT2D eigenvalue weighted by Gasteiger charge is -2.51. The first-order chi connectivity index (χ1) is 5.57. The maximum absolute atomic E-state index is 2.73. The van der Waals surface area contributed by atoms with Crippen LogP contribution in [0.5, 0.6) is 0 Å². The highest BCUT2D eigenvalue weighted by atomic mass is 15.2. The van der Waals surface area contributed by atoms with E-state index in [0.717, 1.165) is 12.0 Å². The van der Waals surface area contributed by atoms with E-state index in [1.54, 1.807) is 0 Å². The van der Waals surface area contributed by atoms with E-state index in [1.165, 1.54) is 32.2 Å². The SMILES string of the molecule is CC(C)(C)N1CC2CCC1CC2. The maximum Gasteiger partial charge on any atom is 0.0128 e. The Morgan fingerprint density at radius 2 is 1.58 bits per heavy atom. The van der Waals surface area contributed by atoms with Gasteiger partial charge in [-0.3, -0.25) is 4.90 Å². The molecule has 0 aromatic rings. The van der Waals surface area contributed by atoms with Gasteiger partial charge in [-0.15, -0.1) is 0 Å². The highest BCUT2D eigenvalue weighted by molar-refractivity contribution is 4.93. The summed E-state index contributed by atoms with van der Waals surface area (Å²) in [5.41, 5.74) is 0.407. The van der Waals surface area contributed by atoms with Gasteiger partial charge >= 0.3 is 0 Å². The zero-order valence-corrected chi connectivity index (χ0v) is 8.64. The normalized spacial score (nSPS) is 37.2. The summed E-state index contributed by atoms with van der Waals surface area (Å²) in [6.45, 7) is 8.43. The van der Waals surface area contributed by atoms with Crippen molar-refractivity contribution in [3.8, 4) is 0 Å². The van der Waals surface area contributed by atoms with Crippen LogP contribution in [0.1, 0.15) is 46.5 Å². The average molecular weight is 167 g/mol. The highest BCUT2D eigenvalue weighted by Crippen LogP contribution is 2.38. The van der Waals surface area contributed by atoms with Crippen LogP contribution in [0.2, 0.25) is 0 Å². The number of piperidine rings is 2. The summed E-state index contributed by atoms with van der Waals surface area (Å²) >= 11 is 0. The lowest BCUT2D eigenvalue weighted by Crippen LogP contribution is -2.56. The van der Waals surface area contributed by atoms with Gasteiger partial charge in [-0.1, -0.05) is 0 Å². The predicted octanol–water partition coefficient (Wildman–Crippen LogP) is 2.66. The Kier molecular flexibility index (Phi) is 1.95. The van der Waals surface area contributed by atoms with Crippen molar-refractivity contribution >= 4 is 0 Å². The molecule has 1 heteroatoms. The number of fused-ring (bicyclic) bond motifs is 3. The van der Waals surface area contributed by atoms with Crippen LogP contribution in [0.3, 0.4) is 0 Å². The van der Waals surface area contributed by atoms with E-state index in [1.807, 2.05) is 0 Å². The molecule has 1 aliphatic carbocycles. The average Bonchev–Trinajstić information content (AvgIpc) is 2.05. The maximum atomic E-state index is 2.73. The Morgan fingerprint density at radius 1 is 1.00 bits per heavy atom. The molecular weight excluding hydrogens is 146 g/mol. The summed E-state index contributed by atoms with van der Waals surface area (Å²) in [4.78, 5) is 2.73. The largest absolute Gasteiger partial charge is 0.295 e. The second-order valence-corrected chi connectivity index (χ2v) is 5.50. The van der Waals surface area contributed by atoms with Crippen molar-refractivity contribution in [3.63, 3.8) is 0 Å². The standard InChI is InChI=1S/C11H21N/c1-11(2,3)12-8-9-4-6-10(12)7-5-9/h9-10H,4-8H2,1-3H3. The molecule has 2 aliphatic heterocycles. The van der Waals surface area contributed by atoms with Crippen LogP contribution < -0.4 is 0 Å². The number of hydrogen-bond acceptors (Lipinski definition) is 1. The molecule has 0 unspecified atom stereocenters. The van der Waals surface area contributed by atoms with Crippen molar-refractivity contribution in [2.45, 2.75) is 58.0 Å². The summed E-state index contributed by atoms with van der Waals surface area (Å²) in [5, 5.41) is 0. The van der Waals surface area contributed by atoms with Gasteiger partial charge in [0.1, 0.15) is 0 Å². The van der Waals surface area contributed by atoms with Gasteiger partial charge in [0.25, 0.3) is 0 Å². The second kappa shape index (κ2) is 2.73. The summed E-state index contributed by atoms with van der Waals surface area (Å²) < 4.78 is 0. The van der Waals surface area contributed by atoms with E-state index in [-0.39, 0.29) is 0 Å². The lowest BCUT2D eigenvalue weighted by atomic mass is 9.78. The van der Waals surface area contributed by atoms with Crippen molar-refractivity contribution in [2.24, 2.45) is 5.92 Å². The minimum Gasteiger partial charge on any atom is -0.295 e. The molecule has 12 heavy (non-hydrogen) atoms. The van der Waals surface area contributed by atoms with Gasteiger partial charge in [0.2, 0.25) is 0 Å². The van der Waals surface area contributed by atoms with Crippen LogP contribution >= 0.6 is 0 Å². The quantitative estimate of drug-likeness (QED) is 0.536. The first kappa shape index (κ1) is 8.55. The zero-order chi connectivity index (χ0) is 8.77. The number of rotatable bonds is 0. The van der Waals surface area contributed by atoms with Crippen molar-refractivity contribution in [1.29, 1.82) is 0 Å². The minimum atomic E-state index is 0.407. The molecule has 70 valence electrons. The van der Waals surface area contributed by atoms with Crippen LogP contribution in [0.25, 0.3) is 0 Å². The third kappa shape index (κ3) is 1.39. The van der Waals surface area contributed by atoms with Gasteiger partial charge in [0.05, 0.1) is 0 Å². The van der Waals surface area contributed by atoms with Crippen LogP contribution in [-0.2, 0) is 0 Å². The van der Waals surface area contributed by atoms with Crippen LogP contribution in [0, 0.1) is 5.92 Å². The molecule has 0 aromatic carbocycles. The first-order valence-electron chi connectivity index (χ1n) is 5.34. The monoisotopic (exact) mass is 167 g/mol. The highest BCUT2D eigenvalue weighted by Gasteiger charge is 2.38. The molecule has 2 heterocycles. The lowest BCUT2D eigenvalue weighted by molar-refractivity contribution is -0.0163. The van der Waals surface area contributed by atoms with Crippen molar-refractivity contribution in [1.82, 2.24) is 4.90 Å². The molecule has 0 amide bonds. The Hall–Kier alpha value is -0.0400. The second-order valence-electron chi connectivity index (χ2n) is 5.50. The molecule has 1 saturated carbocycles. The van der Waals surface area contributed by atoms with Gasteiger partial charge in [-0.2, -0.15) is 0 Å². The molecular formula is C11H21N. The van der Waals surface area contributed by atoms with Gasteiger partial charge in [-0.05, 0) is 52.4 Å².